The van der Waals surface area contributed by atoms with Crippen molar-refractivity contribution < 1.29 is 4.39 Å². The van der Waals surface area contributed by atoms with Crippen LogP contribution in [0.3, 0.4) is 0 Å². The van der Waals surface area contributed by atoms with Gasteiger partial charge >= 0.3 is 0 Å². The SMILES string of the molecule is Cc1csc(CCNc2ccc(F)cc2N)n1. The fourth-order valence-corrected chi connectivity index (χ4v) is 2.29. The van der Waals surface area contributed by atoms with Gasteiger partial charge in [0.15, 0.2) is 0 Å². The van der Waals surface area contributed by atoms with E-state index in [1.165, 1.54) is 12.1 Å². The summed E-state index contributed by atoms with van der Waals surface area (Å²) in [4.78, 5) is 4.37. The Morgan fingerprint density at radius 1 is 1.47 bits per heavy atom. The van der Waals surface area contributed by atoms with Crippen molar-refractivity contribution in [3.8, 4) is 0 Å². The van der Waals surface area contributed by atoms with E-state index in [1.54, 1.807) is 17.4 Å². The fourth-order valence-electron chi connectivity index (χ4n) is 1.52. The molecule has 2 aromatic rings. The third-order valence-electron chi connectivity index (χ3n) is 2.33. The predicted molar refractivity (Wildman–Crippen MR) is 69.9 cm³/mol. The zero-order valence-corrected chi connectivity index (χ0v) is 10.4. The third kappa shape index (κ3) is 3.17. The van der Waals surface area contributed by atoms with E-state index in [0.29, 0.717) is 5.69 Å². The highest BCUT2D eigenvalue weighted by Gasteiger charge is 2.01. The molecule has 3 nitrogen and oxygen atoms in total. The normalized spacial score (nSPS) is 10.5. The molecule has 0 aliphatic carbocycles. The van der Waals surface area contributed by atoms with Crippen molar-refractivity contribution in [3.63, 3.8) is 0 Å². The Morgan fingerprint density at radius 3 is 2.94 bits per heavy atom. The maximum Gasteiger partial charge on any atom is 0.125 e. The average Bonchev–Trinajstić information content (AvgIpc) is 2.68. The average molecular weight is 251 g/mol. The number of anilines is 2. The molecule has 0 spiro atoms. The van der Waals surface area contributed by atoms with Gasteiger partial charge in [-0.1, -0.05) is 0 Å². The van der Waals surface area contributed by atoms with Crippen molar-refractivity contribution in [2.45, 2.75) is 13.3 Å². The van der Waals surface area contributed by atoms with Crippen molar-refractivity contribution in [1.29, 1.82) is 0 Å². The van der Waals surface area contributed by atoms with E-state index < -0.39 is 0 Å². The van der Waals surface area contributed by atoms with Crippen LogP contribution in [0, 0.1) is 12.7 Å². The van der Waals surface area contributed by atoms with Gasteiger partial charge < -0.3 is 11.1 Å². The maximum atomic E-state index is 12.8. The van der Waals surface area contributed by atoms with Crippen molar-refractivity contribution in [3.05, 3.63) is 40.1 Å². The van der Waals surface area contributed by atoms with Gasteiger partial charge in [0.1, 0.15) is 5.82 Å². The molecule has 0 bridgehead atoms. The van der Waals surface area contributed by atoms with E-state index in [0.717, 1.165) is 29.4 Å². The monoisotopic (exact) mass is 251 g/mol. The van der Waals surface area contributed by atoms with Crippen LogP contribution < -0.4 is 11.1 Å². The Kier molecular flexibility index (Phi) is 3.58. The summed E-state index contributed by atoms with van der Waals surface area (Å²) in [7, 11) is 0. The molecule has 0 fully saturated rings. The molecule has 0 unspecified atom stereocenters. The van der Waals surface area contributed by atoms with Crippen LogP contribution in [0.5, 0.6) is 0 Å². The number of nitrogens with zero attached hydrogens (tertiary/aromatic N) is 1. The van der Waals surface area contributed by atoms with Crippen molar-refractivity contribution in [2.24, 2.45) is 0 Å². The number of benzene rings is 1. The first-order valence-corrected chi connectivity index (χ1v) is 6.23. The highest BCUT2D eigenvalue weighted by atomic mass is 32.1. The first-order valence-electron chi connectivity index (χ1n) is 5.35. The number of nitrogen functional groups attached to an aromatic ring is 1. The second-order valence-corrected chi connectivity index (χ2v) is 4.73. The lowest BCUT2D eigenvalue weighted by Crippen LogP contribution is -2.06. The van der Waals surface area contributed by atoms with E-state index in [4.69, 9.17) is 5.73 Å². The summed E-state index contributed by atoms with van der Waals surface area (Å²) >= 11 is 1.65. The molecule has 5 heteroatoms. The predicted octanol–water partition coefficient (Wildman–Crippen LogP) is 2.83. The van der Waals surface area contributed by atoms with E-state index in [-0.39, 0.29) is 5.82 Å². The summed E-state index contributed by atoms with van der Waals surface area (Å²) in [6, 6.07) is 4.36. The molecule has 0 amide bonds. The lowest BCUT2D eigenvalue weighted by atomic mass is 10.2. The molecular weight excluding hydrogens is 237 g/mol. The Morgan fingerprint density at radius 2 is 2.29 bits per heavy atom. The second-order valence-electron chi connectivity index (χ2n) is 3.79. The van der Waals surface area contributed by atoms with Gasteiger partial charge in [-0.15, -0.1) is 11.3 Å². The molecule has 0 aliphatic rings. The highest BCUT2D eigenvalue weighted by molar-refractivity contribution is 7.09. The van der Waals surface area contributed by atoms with Crippen molar-refractivity contribution in [2.75, 3.05) is 17.6 Å². The third-order valence-corrected chi connectivity index (χ3v) is 3.36. The van der Waals surface area contributed by atoms with Gasteiger partial charge in [0.25, 0.3) is 0 Å². The maximum absolute atomic E-state index is 12.8. The number of hydrogen-bond donors (Lipinski definition) is 2. The summed E-state index contributed by atoms with van der Waals surface area (Å²) in [5.74, 6) is -0.316. The Hall–Kier alpha value is -1.62. The topological polar surface area (TPSA) is 50.9 Å². The zero-order valence-electron chi connectivity index (χ0n) is 9.53. The molecule has 1 heterocycles. The molecule has 1 aromatic heterocycles. The lowest BCUT2D eigenvalue weighted by molar-refractivity contribution is 0.628. The van der Waals surface area contributed by atoms with Crippen LogP contribution in [0.1, 0.15) is 10.7 Å². The summed E-state index contributed by atoms with van der Waals surface area (Å²) in [6.45, 7) is 2.72. The first-order chi connectivity index (χ1) is 8.15. The minimum Gasteiger partial charge on any atom is -0.397 e. The minimum absolute atomic E-state index is 0.316. The molecule has 0 radical (unpaired) electrons. The molecule has 3 N–H and O–H groups in total. The minimum atomic E-state index is -0.316. The van der Waals surface area contributed by atoms with Crippen molar-refractivity contribution in [1.82, 2.24) is 4.98 Å². The summed E-state index contributed by atoms with van der Waals surface area (Å²) in [5.41, 5.74) is 7.93. The van der Waals surface area contributed by atoms with Crippen LogP contribution in [0.4, 0.5) is 15.8 Å². The Bertz CT molecular complexity index is 510. The molecule has 2 rings (SSSR count). The summed E-state index contributed by atoms with van der Waals surface area (Å²) in [5, 5.41) is 6.30. The van der Waals surface area contributed by atoms with Crippen molar-refractivity contribution >= 4 is 22.7 Å². The van der Waals surface area contributed by atoms with Gasteiger partial charge in [-0.2, -0.15) is 0 Å². The molecule has 1 aromatic carbocycles. The summed E-state index contributed by atoms with van der Waals surface area (Å²) in [6.07, 6.45) is 0.843. The van der Waals surface area contributed by atoms with Crippen LogP contribution in [0.15, 0.2) is 23.6 Å². The van der Waals surface area contributed by atoms with Gasteiger partial charge in [0.2, 0.25) is 0 Å². The van der Waals surface area contributed by atoms with Crippen LogP contribution in [0.25, 0.3) is 0 Å². The van der Waals surface area contributed by atoms with Crippen LogP contribution in [0.2, 0.25) is 0 Å². The molecular formula is C12H14FN3S. The Balaban J connectivity index is 1.90. The van der Waals surface area contributed by atoms with Gasteiger partial charge in [-0.05, 0) is 25.1 Å². The molecule has 17 heavy (non-hydrogen) atoms. The largest absolute Gasteiger partial charge is 0.397 e. The van der Waals surface area contributed by atoms with Gasteiger partial charge in [0.05, 0.1) is 16.4 Å². The lowest BCUT2D eigenvalue weighted by Gasteiger charge is -2.08. The second kappa shape index (κ2) is 5.14. The van der Waals surface area contributed by atoms with Crippen LogP contribution in [-0.4, -0.2) is 11.5 Å². The molecule has 0 aliphatic heterocycles. The Labute approximate surface area is 103 Å². The first kappa shape index (κ1) is 11.9. The van der Waals surface area contributed by atoms with Gasteiger partial charge in [-0.25, -0.2) is 9.37 Å². The smallest absolute Gasteiger partial charge is 0.125 e. The molecule has 0 saturated carbocycles. The number of hydrogen-bond acceptors (Lipinski definition) is 4. The summed E-state index contributed by atoms with van der Waals surface area (Å²) < 4.78 is 12.8. The van der Waals surface area contributed by atoms with E-state index in [2.05, 4.69) is 10.3 Å². The quantitative estimate of drug-likeness (QED) is 0.821. The standard InChI is InChI=1S/C12H14FN3S/c1-8-7-17-12(16-8)4-5-15-11-3-2-9(13)6-10(11)14/h2-3,6-7,15H,4-5,14H2,1H3. The fraction of sp³-hybridized carbons (Fsp3) is 0.250. The van der Waals surface area contributed by atoms with E-state index in [1.807, 2.05) is 12.3 Å². The molecule has 0 saturated heterocycles. The number of thiazole rings is 1. The number of aryl methyl sites for hydroxylation is 1. The number of rotatable bonds is 4. The number of nitrogens with one attached hydrogen (secondary N) is 1. The molecule has 0 atom stereocenters. The number of halogens is 1. The highest BCUT2D eigenvalue weighted by Crippen LogP contribution is 2.19. The van der Waals surface area contributed by atoms with Gasteiger partial charge in [0, 0.05) is 24.0 Å². The number of aromatic nitrogens is 1. The molecule has 90 valence electrons. The van der Waals surface area contributed by atoms with Crippen LogP contribution in [-0.2, 0) is 6.42 Å². The zero-order chi connectivity index (χ0) is 12.3. The van der Waals surface area contributed by atoms with Crippen LogP contribution >= 0.6 is 11.3 Å². The van der Waals surface area contributed by atoms with E-state index in [9.17, 15) is 4.39 Å². The number of nitrogens with two attached hydrogens (primary N) is 1. The van der Waals surface area contributed by atoms with Gasteiger partial charge in [-0.3, -0.25) is 0 Å². The van der Waals surface area contributed by atoms with E-state index >= 15 is 0 Å².